The van der Waals surface area contributed by atoms with Crippen molar-refractivity contribution in [3.63, 3.8) is 0 Å². The number of nitrogens with zero attached hydrogens (tertiary/aromatic N) is 3. The first-order valence-electron chi connectivity index (χ1n) is 10.0. The minimum absolute atomic E-state index is 0.0271. The average molecular weight is 400 g/mol. The van der Waals surface area contributed by atoms with E-state index >= 15 is 0 Å². The summed E-state index contributed by atoms with van der Waals surface area (Å²) in [6.45, 7) is 6.05. The summed E-state index contributed by atoms with van der Waals surface area (Å²) in [4.78, 5) is 30.5. The molecule has 2 heterocycles. The van der Waals surface area contributed by atoms with E-state index in [4.69, 9.17) is 0 Å². The fourth-order valence-corrected chi connectivity index (χ4v) is 3.62. The molecule has 4 aromatic rings. The quantitative estimate of drug-likeness (QED) is 0.550. The minimum Gasteiger partial charge on any atom is -0.324 e. The van der Waals surface area contributed by atoms with E-state index in [2.05, 4.69) is 10.3 Å². The molecule has 0 fully saturated rings. The van der Waals surface area contributed by atoms with E-state index in [9.17, 15) is 9.59 Å². The molecule has 0 unspecified atom stereocenters. The molecule has 0 spiro atoms. The first-order chi connectivity index (χ1) is 14.5. The fraction of sp³-hybridized carbons (Fsp3) is 0.208. The maximum Gasteiger partial charge on any atom is 0.280 e. The van der Waals surface area contributed by atoms with Crippen LogP contribution in [0.1, 0.15) is 23.6 Å². The zero-order chi connectivity index (χ0) is 21.3. The smallest absolute Gasteiger partial charge is 0.280 e. The second-order valence-corrected chi connectivity index (χ2v) is 7.38. The summed E-state index contributed by atoms with van der Waals surface area (Å²) in [5.41, 5.74) is 5.07. The summed E-state index contributed by atoms with van der Waals surface area (Å²) in [5.74, 6) is -0.212. The zero-order valence-corrected chi connectivity index (χ0v) is 17.3. The van der Waals surface area contributed by atoms with Gasteiger partial charge in [0.1, 0.15) is 6.54 Å². The normalized spacial score (nSPS) is 11.0. The van der Waals surface area contributed by atoms with Crippen molar-refractivity contribution < 1.29 is 4.79 Å². The van der Waals surface area contributed by atoms with E-state index in [1.54, 1.807) is 23.0 Å². The Kier molecular flexibility index (Phi) is 5.23. The fourth-order valence-electron chi connectivity index (χ4n) is 3.62. The molecular weight excluding hydrogens is 376 g/mol. The van der Waals surface area contributed by atoms with Gasteiger partial charge in [-0.25, -0.2) is 9.67 Å². The minimum atomic E-state index is -0.212. The summed E-state index contributed by atoms with van der Waals surface area (Å²) < 4.78 is 3.18. The number of carbonyl (C=O) groups is 1. The SMILES string of the molecule is CCc1ccccc1NC(=O)Cn1c2ncccc2c(=O)n1-c1ccc(C)c(C)c1. The number of aromatic nitrogens is 3. The highest BCUT2D eigenvalue weighted by atomic mass is 16.2. The third-order valence-corrected chi connectivity index (χ3v) is 5.40. The Morgan fingerprint density at radius 1 is 1.03 bits per heavy atom. The van der Waals surface area contributed by atoms with Crippen molar-refractivity contribution in [2.24, 2.45) is 0 Å². The van der Waals surface area contributed by atoms with Gasteiger partial charge in [-0.1, -0.05) is 31.2 Å². The molecule has 0 aliphatic carbocycles. The van der Waals surface area contributed by atoms with Crippen molar-refractivity contribution in [3.8, 4) is 5.69 Å². The standard InChI is InChI=1S/C24H24N4O2/c1-4-18-8-5-6-10-21(18)26-22(29)15-27-23-20(9-7-13-25-23)24(30)28(27)19-12-11-16(2)17(3)14-19/h5-14H,4,15H2,1-3H3,(H,26,29). The van der Waals surface area contributed by atoms with Gasteiger partial charge in [-0.05, 0) is 67.3 Å². The molecular formula is C24H24N4O2. The molecule has 0 atom stereocenters. The van der Waals surface area contributed by atoms with Crippen LogP contribution in [0.25, 0.3) is 16.7 Å². The predicted molar refractivity (Wildman–Crippen MR) is 119 cm³/mol. The topological polar surface area (TPSA) is 68.9 Å². The van der Waals surface area contributed by atoms with Crippen molar-refractivity contribution in [2.45, 2.75) is 33.7 Å². The lowest BCUT2D eigenvalue weighted by Gasteiger charge is -2.14. The third-order valence-electron chi connectivity index (χ3n) is 5.40. The van der Waals surface area contributed by atoms with Crippen LogP contribution in [0.15, 0.2) is 65.6 Å². The van der Waals surface area contributed by atoms with E-state index in [0.717, 1.165) is 28.8 Å². The molecule has 152 valence electrons. The van der Waals surface area contributed by atoms with Crippen LogP contribution in [0.4, 0.5) is 5.69 Å². The van der Waals surface area contributed by atoms with Gasteiger partial charge in [-0.15, -0.1) is 0 Å². The first kappa shape index (κ1) is 19.6. The zero-order valence-electron chi connectivity index (χ0n) is 17.3. The van der Waals surface area contributed by atoms with Gasteiger partial charge in [0, 0.05) is 11.9 Å². The monoisotopic (exact) mass is 400 g/mol. The van der Waals surface area contributed by atoms with Crippen LogP contribution in [0, 0.1) is 13.8 Å². The second kappa shape index (κ2) is 7.99. The number of pyridine rings is 1. The Morgan fingerprint density at radius 3 is 2.60 bits per heavy atom. The largest absolute Gasteiger partial charge is 0.324 e. The van der Waals surface area contributed by atoms with Crippen molar-refractivity contribution in [3.05, 3.63) is 87.8 Å². The number of para-hydroxylation sites is 1. The van der Waals surface area contributed by atoms with Gasteiger partial charge in [0.05, 0.1) is 11.1 Å². The number of hydrogen-bond acceptors (Lipinski definition) is 3. The van der Waals surface area contributed by atoms with E-state index in [0.29, 0.717) is 16.7 Å². The molecule has 0 aliphatic heterocycles. The van der Waals surface area contributed by atoms with E-state index in [1.807, 2.05) is 63.2 Å². The molecule has 0 saturated carbocycles. The number of anilines is 1. The second-order valence-electron chi connectivity index (χ2n) is 7.38. The van der Waals surface area contributed by atoms with E-state index in [-0.39, 0.29) is 18.0 Å². The van der Waals surface area contributed by atoms with Gasteiger partial charge in [0.15, 0.2) is 5.65 Å². The number of rotatable bonds is 5. The van der Waals surface area contributed by atoms with Crippen LogP contribution in [0.2, 0.25) is 0 Å². The molecule has 2 aromatic carbocycles. The maximum atomic E-state index is 13.2. The van der Waals surface area contributed by atoms with Gasteiger partial charge in [-0.3, -0.25) is 14.3 Å². The number of carbonyl (C=O) groups excluding carboxylic acids is 1. The highest BCUT2D eigenvalue weighted by molar-refractivity contribution is 5.92. The summed E-state index contributed by atoms with van der Waals surface area (Å²) in [5, 5.41) is 3.46. The predicted octanol–water partition coefficient (Wildman–Crippen LogP) is 4.01. The van der Waals surface area contributed by atoms with Crippen molar-refractivity contribution in [1.82, 2.24) is 14.3 Å². The summed E-state index contributed by atoms with van der Waals surface area (Å²) in [6, 6.07) is 17.0. The van der Waals surface area contributed by atoms with Gasteiger partial charge < -0.3 is 5.32 Å². The molecule has 4 rings (SSSR count). The Morgan fingerprint density at radius 2 is 1.83 bits per heavy atom. The molecule has 6 nitrogen and oxygen atoms in total. The van der Waals surface area contributed by atoms with Crippen LogP contribution in [-0.4, -0.2) is 20.3 Å². The highest BCUT2D eigenvalue weighted by Gasteiger charge is 2.18. The van der Waals surface area contributed by atoms with Crippen LogP contribution in [0.3, 0.4) is 0 Å². The number of benzene rings is 2. The van der Waals surface area contributed by atoms with Crippen molar-refractivity contribution in [1.29, 1.82) is 0 Å². The van der Waals surface area contributed by atoms with Crippen LogP contribution in [-0.2, 0) is 17.8 Å². The Labute approximate surface area is 174 Å². The molecule has 30 heavy (non-hydrogen) atoms. The lowest BCUT2D eigenvalue weighted by molar-refractivity contribution is -0.116. The Balaban J connectivity index is 1.79. The number of amides is 1. The average Bonchev–Trinajstić information content (AvgIpc) is 3.02. The molecule has 0 bridgehead atoms. The van der Waals surface area contributed by atoms with Gasteiger partial charge in [0.25, 0.3) is 5.56 Å². The Bertz CT molecular complexity index is 1300. The highest BCUT2D eigenvalue weighted by Crippen LogP contribution is 2.18. The molecule has 0 aliphatic rings. The molecule has 1 amide bonds. The van der Waals surface area contributed by atoms with E-state index < -0.39 is 0 Å². The van der Waals surface area contributed by atoms with Gasteiger partial charge in [0.2, 0.25) is 5.91 Å². The molecule has 0 saturated heterocycles. The van der Waals surface area contributed by atoms with Gasteiger partial charge in [-0.2, -0.15) is 0 Å². The summed E-state index contributed by atoms with van der Waals surface area (Å²) >= 11 is 0. The lowest BCUT2D eigenvalue weighted by Crippen LogP contribution is -2.27. The van der Waals surface area contributed by atoms with Crippen LogP contribution >= 0.6 is 0 Å². The molecule has 1 N–H and O–H groups in total. The molecule has 0 radical (unpaired) electrons. The van der Waals surface area contributed by atoms with Crippen molar-refractivity contribution >= 4 is 22.6 Å². The summed E-state index contributed by atoms with van der Waals surface area (Å²) in [6.07, 6.45) is 2.45. The molecule has 2 aromatic heterocycles. The lowest BCUT2D eigenvalue weighted by atomic mass is 10.1. The van der Waals surface area contributed by atoms with Crippen LogP contribution in [0.5, 0.6) is 0 Å². The number of nitrogens with one attached hydrogen (secondary N) is 1. The first-order valence-corrected chi connectivity index (χ1v) is 10.0. The third kappa shape index (κ3) is 3.52. The number of aryl methyl sites for hydroxylation is 3. The van der Waals surface area contributed by atoms with Crippen LogP contribution < -0.4 is 10.9 Å². The van der Waals surface area contributed by atoms with Crippen molar-refractivity contribution in [2.75, 3.05) is 5.32 Å². The number of hydrogen-bond donors (Lipinski definition) is 1. The summed E-state index contributed by atoms with van der Waals surface area (Å²) in [7, 11) is 0. The molecule has 6 heteroatoms. The van der Waals surface area contributed by atoms with E-state index in [1.165, 1.54) is 4.68 Å². The Hall–Kier alpha value is -3.67. The maximum absolute atomic E-state index is 13.2. The number of fused-ring (bicyclic) bond motifs is 1. The van der Waals surface area contributed by atoms with Gasteiger partial charge >= 0.3 is 0 Å².